The molecule has 3 N–H and O–H groups in total. The van der Waals surface area contributed by atoms with Gasteiger partial charge in [0.15, 0.2) is 0 Å². The zero-order chi connectivity index (χ0) is 27.6. The lowest BCUT2D eigenvalue weighted by Crippen LogP contribution is -2.23. The average Bonchev–Trinajstić information content (AvgIpc) is 3.34. The number of allylic oxidation sites excluding steroid dienone is 3. The number of fused-ring (bicyclic) bond motifs is 1. The zero-order valence-electron chi connectivity index (χ0n) is 20.6. The van der Waals surface area contributed by atoms with Crippen LogP contribution in [0.5, 0.6) is 0 Å². The number of carbonyl (C=O) groups is 1. The van der Waals surface area contributed by atoms with E-state index in [-0.39, 0.29) is 10.2 Å². The monoisotopic (exact) mass is 592 g/mol. The fourth-order valence-electron chi connectivity index (χ4n) is 4.50. The topological polar surface area (TPSA) is 60.2 Å². The van der Waals surface area contributed by atoms with Crippen LogP contribution in [-0.2, 0) is 6.18 Å². The highest BCUT2D eigenvalue weighted by Crippen LogP contribution is 2.38. The SMILES string of the molecule is C=CCC1=CC=CN(c2cc(NC(=O)Nc3ccc(Br)c(C(F)(F)F)c3)ccc2-c2cc3ccccc3[nH]2)C1. The maximum absolute atomic E-state index is 13.3. The van der Waals surface area contributed by atoms with Gasteiger partial charge in [0, 0.05) is 50.8 Å². The van der Waals surface area contributed by atoms with E-state index < -0.39 is 17.8 Å². The van der Waals surface area contributed by atoms with Crippen molar-refractivity contribution in [3.05, 3.63) is 113 Å². The first-order valence-corrected chi connectivity index (χ1v) is 12.9. The number of hydrogen-bond donors (Lipinski definition) is 3. The molecule has 9 heteroatoms. The number of benzene rings is 3. The van der Waals surface area contributed by atoms with Gasteiger partial charge in [-0.15, -0.1) is 6.58 Å². The van der Waals surface area contributed by atoms with Crippen molar-refractivity contribution < 1.29 is 18.0 Å². The fourth-order valence-corrected chi connectivity index (χ4v) is 4.97. The van der Waals surface area contributed by atoms with Crippen LogP contribution in [-0.4, -0.2) is 17.6 Å². The Bertz CT molecular complexity index is 1590. The number of aromatic amines is 1. The van der Waals surface area contributed by atoms with Crippen LogP contribution in [0, 0.1) is 0 Å². The third kappa shape index (κ3) is 5.93. The van der Waals surface area contributed by atoms with Crippen LogP contribution in [0.4, 0.5) is 35.0 Å². The van der Waals surface area contributed by atoms with Crippen molar-refractivity contribution in [2.45, 2.75) is 12.6 Å². The molecular weight excluding hydrogens is 569 g/mol. The number of carbonyl (C=O) groups excluding carboxylic acids is 1. The quantitative estimate of drug-likeness (QED) is 0.195. The highest BCUT2D eigenvalue weighted by Gasteiger charge is 2.33. The Morgan fingerprint density at radius 3 is 2.54 bits per heavy atom. The molecule has 0 saturated heterocycles. The molecule has 1 aromatic heterocycles. The second-order valence-electron chi connectivity index (χ2n) is 9.06. The number of para-hydroxylation sites is 1. The molecule has 0 bridgehead atoms. The zero-order valence-corrected chi connectivity index (χ0v) is 22.2. The van der Waals surface area contributed by atoms with Crippen molar-refractivity contribution in [1.29, 1.82) is 0 Å². The van der Waals surface area contributed by atoms with Gasteiger partial charge in [-0.2, -0.15) is 13.2 Å². The lowest BCUT2D eigenvalue weighted by atomic mass is 10.0. The highest BCUT2D eigenvalue weighted by molar-refractivity contribution is 9.10. The minimum Gasteiger partial charge on any atom is -0.354 e. The maximum atomic E-state index is 13.3. The average molecular weight is 593 g/mol. The lowest BCUT2D eigenvalue weighted by molar-refractivity contribution is -0.138. The van der Waals surface area contributed by atoms with Gasteiger partial charge in [-0.1, -0.05) is 46.3 Å². The van der Waals surface area contributed by atoms with Gasteiger partial charge in [0.1, 0.15) is 0 Å². The number of nitrogens with one attached hydrogen (secondary N) is 3. The molecule has 2 amide bonds. The van der Waals surface area contributed by atoms with Gasteiger partial charge in [0.05, 0.1) is 11.3 Å². The Morgan fingerprint density at radius 1 is 1.05 bits per heavy atom. The summed E-state index contributed by atoms with van der Waals surface area (Å²) in [7, 11) is 0. The highest BCUT2D eigenvalue weighted by atomic mass is 79.9. The summed E-state index contributed by atoms with van der Waals surface area (Å²) in [5.41, 5.74) is 4.55. The van der Waals surface area contributed by atoms with Crippen molar-refractivity contribution in [3.63, 3.8) is 0 Å². The first-order chi connectivity index (χ1) is 18.7. The summed E-state index contributed by atoms with van der Waals surface area (Å²) in [5, 5.41) is 6.32. The summed E-state index contributed by atoms with van der Waals surface area (Å²) in [6.45, 7) is 4.48. The number of anilines is 3. The Balaban J connectivity index is 1.45. The Labute approximate surface area is 231 Å². The third-order valence-electron chi connectivity index (χ3n) is 6.29. The van der Waals surface area contributed by atoms with Crippen LogP contribution < -0.4 is 15.5 Å². The van der Waals surface area contributed by atoms with Gasteiger partial charge in [-0.3, -0.25) is 0 Å². The number of nitrogens with zero attached hydrogens (tertiary/aromatic N) is 1. The number of rotatable bonds is 6. The molecule has 198 valence electrons. The number of alkyl halides is 3. The molecule has 2 heterocycles. The van der Waals surface area contributed by atoms with Gasteiger partial charge in [0.25, 0.3) is 0 Å². The molecule has 0 atom stereocenters. The van der Waals surface area contributed by atoms with Gasteiger partial charge >= 0.3 is 12.2 Å². The molecule has 0 radical (unpaired) electrons. The van der Waals surface area contributed by atoms with Crippen molar-refractivity contribution in [2.24, 2.45) is 0 Å². The molecule has 0 fully saturated rings. The minimum atomic E-state index is -4.55. The number of hydrogen-bond acceptors (Lipinski definition) is 2. The fraction of sp³-hybridized carbons (Fsp3) is 0.100. The summed E-state index contributed by atoms with van der Waals surface area (Å²) in [6.07, 6.45) is 4.05. The van der Waals surface area contributed by atoms with E-state index in [0.717, 1.165) is 40.3 Å². The van der Waals surface area contributed by atoms with Crippen LogP contribution in [0.2, 0.25) is 0 Å². The second kappa shape index (κ2) is 10.9. The van der Waals surface area contributed by atoms with Crippen LogP contribution in [0.3, 0.4) is 0 Å². The normalized spacial score (nSPS) is 13.3. The van der Waals surface area contributed by atoms with Crippen LogP contribution >= 0.6 is 15.9 Å². The molecule has 0 unspecified atom stereocenters. The van der Waals surface area contributed by atoms with Gasteiger partial charge in [0.2, 0.25) is 0 Å². The predicted molar refractivity (Wildman–Crippen MR) is 155 cm³/mol. The van der Waals surface area contributed by atoms with E-state index in [2.05, 4.69) is 55.2 Å². The van der Waals surface area contributed by atoms with E-state index in [1.807, 2.05) is 54.8 Å². The molecule has 0 saturated carbocycles. The summed E-state index contributed by atoms with van der Waals surface area (Å²) in [6, 6.07) is 18.5. The molecule has 1 aliphatic heterocycles. The van der Waals surface area contributed by atoms with Crippen LogP contribution in [0.15, 0.2) is 108 Å². The maximum Gasteiger partial charge on any atom is 0.417 e. The van der Waals surface area contributed by atoms with Gasteiger partial charge in [-0.25, -0.2) is 4.79 Å². The number of amides is 2. The molecule has 3 aromatic carbocycles. The second-order valence-corrected chi connectivity index (χ2v) is 9.92. The van der Waals surface area contributed by atoms with Crippen molar-refractivity contribution in [1.82, 2.24) is 4.98 Å². The molecule has 1 aliphatic rings. The van der Waals surface area contributed by atoms with Crippen LogP contribution in [0.1, 0.15) is 12.0 Å². The predicted octanol–water partition coefficient (Wildman–Crippen LogP) is 9.10. The smallest absolute Gasteiger partial charge is 0.354 e. The molecule has 0 spiro atoms. The summed E-state index contributed by atoms with van der Waals surface area (Å²) in [5.74, 6) is 0. The van der Waals surface area contributed by atoms with Crippen LogP contribution in [0.25, 0.3) is 22.2 Å². The molecule has 4 aromatic rings. The summed E-state index contributed by atoms with van der Waals surface area (Å²) < 4.78 is 39.7. The van der Waals surface area contributed by atoms with E-state index in [1.54, 1.807) is 6.07 Å². The van der Waals surface area contributed by atoms with E-state index in [4.69, 9.17) is 0 Å². The summed E-state index contributed by atoms with van der Waals surface area (Å²) >= 11 is 2.91. The largest absolute Gasteiger partial charge is 0.417 e. The van der Waals surface area contributed by atoms with E-state index >= 15 is 0 Å². The minimum absolute atomic E-state index is 0.0242. The first-order valence-electron chi connectivity index (χ1n) is 12.1. The molecule has 5 nitrogen and oxygen atoms in total. The van der Waals surface area contributed by atoms with Gasteiger partial charge in [-0.05, 0) is 66.6 Å². The third-order valence-corrected chi connectivity index (χ3v) is 6.98. The Morgan fingerprint density at radius 2 is 1.79 bits per heavy atom. The number of urea groups is 1. The van der Waals surface area contributed by atoms with E-state index in [1.165, 1.54) is 17.7 Å². The molecule has 0 aliphatic carbocycles. The summed E-state index contributed by atoms with van der Waals surface area (Å²) in [4.78, 5) is 18.3. The Hall–Kier alpha value is -4.24. The number of aromatic nitrogens is 1. The number of halogens is 4. The molecular formula is C30H24BrF3N4O. The van der Waals surface area contributed by atoms with E-state index in [9.17, 15) is 18.0 Å². The van der Waals surface area contributed by atoms with Crippen molar-refractivity contribution in [3.8, 4) is 11.3 Å². The molecule has 5 rings (SSSR count). The van der Waals surface area contributed by atoms with E-state index in [0.29, 0.717) is 12.2 Å². The Kier molecular flexibility index (Phi) is 7.34. The van der Waals surface area contributed by atoms with Crippen molar-refractivity contribution in [2.75, 3.05) is 22.1 Å². The molecule has 39 heavy (non-hydrogen) atoms. The standard InChI is InChI=1S/C30H24BrF3N4O/c1-2-6-19-7-5-14-38(18-19)28-17-22(10-12-23(28)27-15-20-8-3-4-9-26(20)37-27)36-29(39)35-21-11-13-25(31)24(16-21)30(32,33)34/h2-5,7-17,37H,1,6,18H2,(H2,35,36,39). The van der Waals surface area contributed by atoms with Crippen molar-refractivity contribution >= 4 is 49.9 Å². The lowest BCUT2D eigenvalue weighted by Gasteiger charge is -2.27. The van der Waals surface area contributed by atoms with Gasteiger partial charge < -0.3 is 20.5 Å². The first kappa shape index (κ1) is 26.4. The number of H-pyrrole nitrogens is 1.